The monoisotopic (exact) mass is 429 g/mol. The van der Waals surface area contributed by atoms with Gasteiger partial charge in [0.1, 0.15) is 5.75 Å². The van der Waals surface area contributed by atoms with Crippen LogP contribution in [0.2, 0.25) is 5.02 Å². The first kappa shape index (κ1) is 22.8. The number of fused-ring (bicyclic) bond motifs is 2. The van der Waals surface area contributed by atoms with E-state index in [2.05, 4.69) is 10.6 Å². The molecule has 4 N–H and O–H groups in total. The number of rotatable bonds is 6. The smallest absolute Gasteiger partial charge is 0.226 e. The molecule has 0 aromatic heterocycles. The molecule has 6 nitrogen and oxygen atoms in total. The normalized spacial score (nSPS) is 26.0. The van der Waals surface area contributed by atoms with E-state index >= 15 is 0 Å². The summed E-state index contributed by atoms with van der Waals surface area (Å²) in [6.07, 6.45) is 5.42. The maximum Gasteiger partial charge on any atom is 0.226 e. The molecule has 2 bridgehead atoms. The Hall–Kier alpha value is -1.50. The minimum absolute atomic E-state index is 0. The molecule has 1 aromatic carbocycles. The van der Waals surface area contributed by atoms with Gasteiger partial charge in [-0.3, -0.25) is 9.59 Å². The number of amides is 2. The van der Waals surface area contributed by atoms with Gasteiger partial charge in [0.05, 0.1) is 12.8 Å². The summed E-state index contributed by atoms with van der Waals surface area (Å²) in [6, 6.07) is 5.29. The molecule has 0 radical (unpaired) electrons. The first-order valence-corrected chi connectivity index (χ1v) is 10.0. The number of carbonyl (C=O) groups excluding carboxylic acids is 2. The maximum absolute atomic E-state index is 12.5. The SMILES string of the molecule is COc1ccc(Cl)cc1NC(=O)CCNC(=O)C1CC2CCCC(C1)C2N.Cl. The molecule has 2 unspecified atom stereocenters. The Kier molecular flexibility index (Phi) is 8.40. The predicted molar refractivity (Wildman–Crippen MR) is 113 cm³/mol. The molecule has 0 aliphatic heterocycles. The number of methoxy groups -OCH3 is 1. The van der Waals surface area contributed by atoms with Crippen LogP contribution in [0.5, 0.6) is 5.75 Å². The zero-order chi connectivity index (χ0) is 19.4. The number of anilines is 1. The van der Waals surface area contributed by atoms with Gasteiger partial charge in [-0.1, -0.05) is 18.0 Å². The van der Waals surface area contributed by atoms with E-state index in [0.29, 0.717) is 34.8 Å². The number of halogens is 2. The van der Waals surface area contributed by atoms with Crippen molar-refractivity contribution in [2.24, 2.45) is 23.5 Å². The van der Waals surface area contributed by atoms with Crippen LogP contribution < -0.4 is 21.1 Å². The summed E-state index contributed by atoms with van der Waals surface area (Å²) in [6.45, 7) is 0.311. The highest BCUT2D eigenvalue weighted by Gasteiger charge is 2.40. The van der Waals surface area contributed by atoms with Crippen LogP contribution in [0, 0.1) is 17.8 Å². The molecule has 0 heterocycles. The van der Waals surface area contributed by atoms with Crippen molar-refractivity contribution in [3.8, 4) is 5.75 Å². The highest BCUT2D eigenvalue weighted by molar-refractivity contribution is 6.31. The third-order valence-corrected chi connectivity index (χ3v) is 6.11. The summed E-state index contributed by atoms with van der Waals surface area (Å²) in [4.78, 5) is 24.7. The first-order chi connectivity index (χ1) is 13.0. The van der Waals surface area contributed by atoms with Gasteiger partial charge in [-0.2, -0.15) is 0 Å². The van der Waals surface area contributed by atoms with Gasteiger partial charge in [0.2, 0.25) is 11.8 Å². The van der Waals surface area contributed by atoms with E-state index in [0.717, 1.165) is 25.7 Å². The Morgan fingerprint density at radius 1 is 1.25 bits per heavy atom. The lowest BCUT2D eigenvalue weighted by atomic mass is 9.65. The predicted octanol–water partition coefficient (Wildman–Crippen LogP) is 3.37. The third-order valence-electron chi connectivity index (χ3n) is 5.87. The molecule has 2 aliphatic carbocycles. The third kappa shape index (κ3) is 5.52. The fourth-order valence-corrected chi connectivity index (χ4v) is 4.61. The van der Waals surface area contributed by atoms with Gasteiger partial charge in [0, 0.05) is 29.9 Å². The number of nitrogens with two attached hydrogens (primary N) is 1. The average Bonchev–Trinajstić information content (AvgIpc) is 2.61. The molecule has 2 saturated carbocycles. The number of benzene rings is 1. The molecule has 0 spiro atoms. The van der Waals surface area contributed by atoms with Crippen molar-refractivity contribution < 1.29 is 14.3 Å². The number of nitrogens with one attached hydrogen (secondary N) is 2. The number of hydrogen-bond acceptors (Lipinski definition) is 4. The Bertz CT molecular complexity index is 687. The van der Waals surface area contributed by atoms with Gasteiger partial charge >= 0.3 is 0 Å². The van der Waals surface area contributed by atoms with Gasteiger partial charge in [0.15, 0.2) is 0 Å². The molecule has 3 rings (SSSR count). The minimum Gasteiger partial charge on any atom is -0.495 e. The second-order valence-electron chi connectivity index (χ2n) is 7.63. The summed E-state index contributed by atoms with van der Waals surface area (Å²) in [5, 5.41) is 6.21. The number of ether oxygens (including phenoxy) is 1. The quantitative estimate of drug-likeness (QED) is 0.645. The van der Waals surface area contributed by atoms with Crippen LogP contribution in [-0.4, -0.2) is 31.5 Å². The zero-order valence-corrected chi connectivity index (χ0v) is 17.7. The molecule has 1 aromatic rings. The summed E-state index contributed by atoms with van der Waals surface area (Å²) in [7, 11) is 1.53. The van der Waals surface area contributed by atoms with Gasteiger partial charge in [-0.05, 0) is 55.7 Å². The minimum atomic E-state index is -0.196. The average molecular weight is 430 g/mol. The maximum atomic E-state index is 12.5. The van der Waals surface area contributed by atoms with E-state index in [1.165, 1.54) is 13.5 Å². The lowest BCUT2D eigenvalue weighted by Crippen LogP contribution is -2.49. The molecule has 156 valence electrons. The lowest BCUT2D eigenvalue weighted by molar-refractivity contribution is -0.128. The molecule has 0 saturated heterocycles. The molecular weight excluding hydrogens is 401 g/mol. The first-order valence-electron chi connectivity index (χ1n) is 9.64. The van der Waals surface area contributed by atoms with E-state index in [4.69, 9.17) is 22.1 Å². The van der Waals surface area contributed by atoms with Crippen LogP contribution in [-0.2, 0) is 9.59 Å². The van der Waals surface area contributed by atoms with Crippen molar-refractivity contribution in [3.63, 3.8) is 0 Å². The zero-order valence-electron chi connectivity index (χ0n) is 16.1. The standard InChI is InChI=1S/C20H28ClN3O3.ClH/c1-27-17-6-5-15(21)11-16(17)24-18(25)7-8-23-20(26)14-9-12-3-2-4-13(10-14)19(12)22;/h5-6,11-14,19H,2-4,7-10,22H2,1H3,(H,23,26)(H,24,25);1H. The second-order valence-corrected chi connectivity index (χ2v) is 8.07. The summed E-state index contributed by atoms with van der Waals surface area (Å²) in [5.74, 6) is 1.35. The summed E-state index contributed by atoms with van der Waals surface area (Å²) >= 11 is 5.97. The Labute approximate surface area is 177 Å². The van der Waals surface area contributed by atoms with Crippen molar-refractivity contribution >= 4 is 41.5 Å². The Morgan fingerprint density at radius 3 is 2.57 bits per heavy atom. The highest BCUT2D eigenvalue weighted by Crippen LogP contribution is 2.41. The van der Waals surface area contributed by atoms with Gasteiger partial charge in [0.25, 0.3) is 0 Å². The van der Waals surface area contributed by atoms with Crippen molar-refractivity contribution in [3.05, 3.63) is 23.2 Å². The van der Waals surface area contributed by atoms with E-state index in [9.17, 15) is 9.59 Å². The van der Waals surface area contributed by atoms with Crippen LogP contribution in [0.1, 0.15) is 38.5 Å². The van der Waals surface area contributed by atoms with Crippen molar-refractivity contribution in [1.82, 2.24) is 5.32 Å². The summed E-state index contributed by atoms with van der Waals surface area (Å²) in [5.41, 5.74) is 6.81. The van der Waals surface area contributed by atoms with Crippen LogP contribution in [0.4, 0.5) is 5.69 Å². The lowest BCUT2D eigenvalue weighted by Gasteiger charge is -2.43. The van der Waals surface area contributed by atoms with Crippen molar-refractivity contribution in [1.29, 1.82) is 0 Å². The fraction of sp³-hybridized carbons (Fsp3) is 0.600. The van der Waals surface area contributed by atoms with Crippen LogP contribution in [0.25, 0.3) is 0 Å². The molecule has 2 aliphatic rings. The van der Waals surface area contributed by atoms with Crippen LogP contribution in [0.3, 0.4) is 0 Å². The van der Waals surface area contributed by atoms with Crippen molar-refractivity contribution in [2.75, 3.05) is 19.0 Å². The molecule has 8 heteroatoms. The second kappa shape index (κ2) is 10.3. The van der Waals surface area contributed by atoms with Crippen LogP contribution >= 0.6 is 24.0 Å². The molecule has 28 heavy (non-hydrogen) atoms. The summed E-state index contributed by atoms with van der Waals surface area (Å²) < 4.78 is 5.21. The van der Waals surface area contributed by atoms with E-state index < -0.39 is 0 Å². The Morgan fingerprint density at radius 2 is 1.93 bits per heavy atom. The van der Waals surface area contributed by atoms with Gasteiger partial charge in [-0.15, -0.1) is 12.4 Å². The van der Waals surface area contributed by atoms with Crippen molar-refractivity contribution in [2.45, 2.75) is 44.6 Å². The van der Waals surface area contributed by atoms with E-state index in [1.54, 1.807) is 18.2 Å². The molecule has 2 amide bonds. The Balaban J connectivity index is 0.00000280. The fourth-order valence-electron chi connectivity index (χ4n) is 4.44. The number of hydrogen-bond donors (Lipinski definition) is 3. The topological polar surface area (TPSA) is 93.5 Å². The molecular formula is C20H29Cl2N3O3. The van der Waals surface area contributed by atoms with Gasteiger partial charge < -0.3 is 21.1 Å². The number of carbonyl (C=O) groups is 2. The van der Waals surface area contributed by atoms with E-state index in [1.807, 2.05) is 0 Å². The highest BCUT2D eigenvalue weighted by atomic mass is 35.5. The molecule has 2 atom stereocenters. The van der Waals surface area contributed by atoms with Crippen LogP contribution in [0.15, 0.2) is 18.2 Å². The molecule has 2 fully saturated rings. The van der Waals surface area contributed by atoms with E-state index in [-0.39, 0.29) is 42.6 Å². The van der Waals surface area contributed by atoms with Gasteiger partial charge in [-0.25, -0.2) is 0 Å². The largest absolute Gasteiger partial charge is 0.495 e.